The van der Waals surface area contributed by atoms with Crippen LogP contribution in [-0.4, -0.2) is 56.2 Å². The number of nitrogens with zero attached hydrogens (tertiary/aromatic N) is 1. The zero-order valence-corrected chi connectivity index (χ0v) is 19.4. The van der Waals surface area contributed by atoms with Gasteiger partial charge in [0.2, 0.25) is 21.8 Å². The molecule has 0 bridgehead atoms. The van der Waals surface area contributed by atoms with Gasteiger partial charge in [0.15, 0.2) is 0 Å². The van der Waals surface area contributed by atoms with Crippen molar-refractivity contribution in [3.63, 3.8) is 0 Å². The molecule has 2 rings (SSSR count). The predicted octanol–water partition coefficient (Wildman–Crippen LogP) is 3.04. The number of hydrogen-bond donors (Lipinski definition) is 2. The molecule has 2 aromatic rings. The van der Waals surface area contributed by atoms with Crippen molar-refractivity contribution < 1.29 is 22.7 Å². The standard InChI is InChI=1S/C21H27N3O5S2/c1-4-24(5-2)31(27,28)17-12-10-16(11-13-17)22-20(25)14-30-15-21(26)23-18-8-6-7-9-19(18)29-3/h6-13H,4-5,14-15H2,1-3H3,(H,22,25)(H,23,26). The maximum Gasteiger partial charge on any atom is 0.243 e. The van der Waals surface area contributed by atoms with Crippen molar-refractivity contribution in [1.29, 1.82) is 0 Å². The Balaban J connectivity index is 1.83. The third-order valence-electron chi connectivity index (χ3n) is 4.33. The normalized spacial score (nSPS) is 11.2. The predicted molar refractivity (Wildman–Crippen MR) is 124 cm³/mol. The van der Waals surface area contributed by atoms with E-state index in [-0.39, 0.29) is 28.2 Å². The number of nitrogens with one attached hydrogen (secondary N) is 2. The lowest BCUT2D eigenvalue weighted by atomic mass is 10.3. The van der Waals surface area contributed by atoms with Crippen LogP contribution in [0.15, 0.2) is 53.4 Å². The van der Waals surface area contributed by atoms with Gasteiger partial charge in [0.25, 0.3) is 0 Å². The molecule has 10 heteroatoms. The van der Waals surface area contributed by atoms with E-state index in [4.69, 9.17) is 4.74 Å². The highest BCUT2D eigenvalue weighted by atomic mass is 32.2. The Bertz CT molecular complexity index is 990. The zero-order valence-electron chi connectivity index (χ0n) is 17.8. The molecule has 8 nitrogen and oxygen atoms in total. The van der Waals surface area contributed by atoms with Crippen LogP contribution in [0.1, 0.15) is 13.8 Å². The van der Waals surface area contributed by atoms with Gasteiger partial charge in [0.05, 0.1) is 29.2 Å². The topological polar surface area (TPSA) is 105 Å². The molecule has 0 atom stereocenters. The lowest BCUT2D eigenvalue weighted by molar-refractivity contribution is -0.114. The van der Waals surface area contributed by atoms with Crippen LogP contribution in [-0.2, 0) is 19.6 Å². The molecule has 0 saturated heterocycles. The summed E-state index contributed by atoms with van der Waals surface area (Å²) in [5, 5.41) is 5.45. The third-order valence-corrected chi connectivity index (χ3v) is 7.33. The van der Waals surface area contributed by atoms with Gasteiger partial charge in [-0.1, -0.05) is 26.0 Å². The molecule has 2 N–H and O–H groups in total. The number of methoxy groups -OCH3 is 1. The fourth-order valence-electron chi connectivity index (χ4n) is 2.79. The Kier molecular flexibility index (Phi) is 9.35. The van der Waals surface area contributed by atoms with Crippen LogP contribution >= 0.6 is 11.8 Å². The molecule has 0 aromatic heterocycles. The minimum Gasteiger partial charge on any atom is -0.495 e. The Labute approximate surface area is 187 Å². The number of carbonyl (C=O) groups is 2. The first-order chi connectivity index (χ1) is 14.8. The highest BCUT2D eigenvalue weighted by Gasteiger charge is 2.21. The van der Waals surface area contributed by atoms with Crippen molar-refractivity contribution in [3.8, 4) is 5.75 Å². The van der Waals surface area contributed by atoms with Crippen LogP contribution in [0.5, 0.6) is 5.75 Å². The molecule has 0 heterocycles. The van der Waals surface area contributed by atoms with Crippen LogP contribution in [0.4, 0.5) is 11.4 Å². The van der Waals surface area contributed by atoms with Gasteiger partial charge in [-0.15, -0.1) is 11.8 Å². The summed E-state index contributed by atoms with van der Waals surface area (Å²) in [4.78, 5) is 24.4. The number of anilines is 2. The second-order valence-electron chi connectivity index (χ2n) is 6.40. The third kappa shape index (κ3) is 6.98. The van der Waals surface area contributed by atoms with E-state index in [1.54, 1.807) is 50.2 Å². The van der Waals surface area contributed by atoms with E-state index in [2.05, 4.69) is 10.6 Å². The van der Waals surface area contributed by atoms with Gasteiger partial charge in [-0.05, 0) is 36.4 Å². The second-order valence-corrected chi connectivity index (χ2v) is 9.33. The monoisotopic (exact) mass is 465 g/mol. The van der Waals surface area contributed by atoms with Gasteiger partial charge in [-0.25, -0.2) is 8.42 Å². The first kappa shape index (κ1) is 24.7. The molecule has 0 fully saturated rings. The highest BCUT2D eigenvalue weighted by Crippen LogP contribution is 2.23. The summed E-state index contributed by atoms with van der Waals surface area (Å²) in [6.45, 7) is 4.34. The molecule has 168 valence electrons. The maximum atomic E-state index is 12.5. The van der Waals surface area contributed by atoms with Gasteiger partial charge in [-0.3, -0.25) is 9.59 Å². The van der Waals surface area contributed by atoms with Crippen LogP contribution < -0.4 is 15.4 Å². The number of benzene rings is 2. The summed E-state index contributed by atoms with van der Waals surface area (Å²) in [7, 11) is -2.01. The molecule has 0 aliphatic rings. The van der Waals surface area contributed by atoms with Crippen molar-refractivity contribution in [2.75, 3.05) is 42.3 Å². The number of hydrogen-bond acceptors (Lipinski definition) is 6. The van der Waals surface area contributed by atoms with E-state index < -0.39 is 10.0 Å². The van der Waals surface area contributed by atoms with Crippen molar-refractivity contribution in [1.82, 2.24) is 4.31 Å². The largest absolute Gasteiger partial charge is 0.495 e. The average Bonchev–Trinajstić information content (AvgIpc) is 2.75. The minimum absolute atomic E-state index is 0.0822. The first-order valence-electron chi connectivity index (χ1n) is 9.72. The fraction of sp³-hybridized carbons (Fsp3) is 0.333. The average molecular weight is 466 g/mol. The van der Waals surface area contributed by atoms with Gasteiger partial charge in [0.1, 0.15) is 5.75 Å². The van der Waals surface area contributed by atoms with E-state index in [0.717, 1.165) is 0 Å². The first-order valence-corrected chi connectivity index (χ1v) is 12.3. The van der Waals surface area contributed by atoms with Crippen LogP contribution in [0.25, 0.3) is 0 Å². The molecule has 0 unspecified atom stereocenters. The summed E-state index contributed by atoms with van der Waals surface area (Å²) in [5.41, 5.74) is 1.06. The molecular formula is C21H27N3O5S2. The molecule has 2 amide bonds. The van der Waals surface area contributed by atoms with E-state index in [1.165, 1.54) is 35.3 Å². The lowest BCUT2D eigenvalue weighted by Crippen LogP contribution is -2.30. The van der Waals surface area contributed by atoms with E-state index in [0.29, 0.717) is 30.2 Å². The second kappa shape index (κ2) is 11.7. The van der Waals surface area contributed by atoms with E-state index in [9.17, 15) is 18.0 Å². The smallest absolute Gasteiger partial charge is 0.243 e. The van der Waals surface area contributed by atoms with Crippen molar-refractivity contribution >= 4 is 45.0 Å². The van der Waals surface area contributed by atoms with Gasteiger partial charge in [0, 0.05) is 18.8 Å². The number of ether oxygens (including phenoxy) is 1. The van der Waals surface area contributed by atoms with Crippen LogP contribution in [0.2, 0.25) is 0 Å². The summed E-state index contributed by atoms with van der Waals surface area (Å²) < 4.78 is 31.5. The highest BCUT2D eigenvalue weighted by molar-refractivity contribution is 8.00. The van der Waals surface area contributed by atoms with Crippen molar-refractivity contribution in [3.05, 3.63) is 48.5 Å². The summed E-state index contributed by atoms with van der Waals surface area (Å²) in [5.74, 6) is 0.221. The number of thioether (sulfide) groups is 1. The van der Waals surface area contributed by atoms with Gasteiger partial charge >= 0.3 is 0 Å². The summed E-state index contributed by atoms with van der Waals surface area (Å²) >= 11 is 1.17. The minimum atomic E-state index is -3.54. The Morgan fingerprint density at radius 3 is 2.10 bits per heavy atom. The Hall–Kier alpha value is -2.56. The fourth-order valence-corrected chi connectivity index (χ4v) is 4.87. The maximum absolute atomic E-state index is 12.5. The summed E-state index contributed by atoms with van der Waals surface area (Å²) in [6, 6.07) is 13.1. The SMILES string of the molecule is CCN(CC)S(=O)(=O)c1ccc(NC(=O)CSCC(=O)Nc2ccccc2OC)cc1. The molecule has 0 spiro atoms. The van der Waals surface area contributed by atoms with Crippen molar-refractivity contribution in [2.45, 2.75) is 18.7 Å². The molecular weight excluding hydrogens is 438 g/mol. The van der Waals surface area contributed by atoms with Crippen LogP contribution in [0, 0.1) is 0 Å². The van der Waals surface area contributed by atoms with Crippen molar-refractivity contribution in [2.24, 2.45) is 0 Å². The Morgan fingerprint density at radius 1 is 0.935 bits per heavy atom. The molecule has 2 aromatic carbocycles. The van der Waals surface area contributed by atoms with Gasteiger partial charge in [-0.2, -0.15) is 4.31 Å². The number of rotatable bonds is 11. The van der Waals surface area contributed by atoms with Gasteiger partial charge < -0.3 is 15.4 Å². The molecule has 0 saturated carbocycles. The molecule has 0 aliphatic heterocycles. The number of carbonyl (C=O) groups excluding carboxylic acids is 2. The zero-order chi connectivity index (χ0) is 22.9. The van der Waals surface area contributed by atoms with Crippen LogP contribution in [0.3, 0.4) is 0 Å². The number of amides is 2. The molecule has 0 radical (unpaired) electrons. The lowest BCUT2D eigenvalue weighted by Gasteiger charge is -2.18. The van der Waals surface area contributed by atoms with E-state index in [1.807, 2.05) is 0 Å². The molecule has 31 heavy (non-hydrogen) atoms. The number of sulfonamides is 1. The summed E-state index contributed by atoms with van der Waals surface area (Å²) in [6.07, 6.45) is 0. The number of para-hydroxylation sites is 2. The molecule has 0 aliphatic carbocycles. The Morgan fingerprint density at radius 2 is 1.52 bits per heavy atom. The van der Waals surface area contributed by atoms with E-state index >= 15 is 0 Å². The quantitative estimate of drug-likeness (QED) is 0.529.